The Balaban J connectivity index is 1.68. The van der Waals surface area contributed by atoms with Crippen LogP contribution in [0, 0.1) is 10.1 Å². The van der Waals surface area contributed by atoms with Crippen molar-refractivity contribution in [2.24, 2.45) is 0 Å². The number of nitrogens with one attached hydrogen (secondary N) is 1. The molecular formula is C20H15ClN2O4. The second kappa shape index (κ2) is 8.33. The maximum atomic E-state index is 12.4. The van der Waals surface area contributed by atoms with Crippen molar-refractivity contribution >= 4 is 28.9 Å². The second-order valence-electron chi connectivity index (χ2n) is 5.68. The lowest BCUT2D eigenvalue weighted by atomic mass is 10.2. The normalized spacial score (nSPS) is 10.3. The summed E-state index contributed by atoms with van der Waals surface area (Å²) in [4.78, 5) is 22.6. The summed E-state index contributed by atoms with van der Waals surface area (Å²) < 4.78 is 5.73. The van der Waals surface area contributed by atoms with Crippen molar-refractivity contribution in [2.75, 3.05) is 5.32 Å². The van der Waals surface area contributed by atoms with Gasteiger partial charge in [-0.2, -0.15) is 0 Å². The minimum Gasteiger partial charge on any atom is -0.489 e. The number of ether oxygens (including phenoxy) is 1. The highest BCUT2D eigenvalue weighted by atomic mass is 35.5. The van der Waals surface area contributed by atoms with Crippen LogP contribution in [0.4, 0.5) is 11.4 Å². The highest BCUT2D eigenvalue weighted by Crippen LogP contribution is 2.24. The molecule has 0 atom stereocenters. The Hall–Kier alpha value is -3.38. The molecule has 0 radical (unpaired) electrons. The minimum atomic E-state index is -0.568. The number of nitrogens with zero attached hydrogens (tertiary/aromatic N) is 1. The number of rotatable bonds is 6. The molecule has 0 spiro atoms. The van der Waals surface area contributed by atoms with Crippen molar-refractivity contribution in [1.29, 1.82) is 0 Å². The Morgan fingerprint density at radius 1 is 1.04 bits per heavy atom. The van der Waals surface area contributed by atoms with Crippen LogP contribution in [0.25, 0.3) is 0 Å². The molecule has 0 aliphatic carbocycles. The van der Waals surface area contributed by atoms with E-state index in [0.717, 1.165) is 11.6 Å². The van der Waals surface area contributed by atoms with Gasteiger partial charge in [-0.1, -0.05) is 48.0 Å². The van der Waals surface area contributed by atoms with Crippen molar-refractivity contribution in [1.82, 2.24) is 0 Å². The molecule has 1 N–H and O–H groups in total. The lowest BCUT2D eigenvalue weighted by Gasteiger charge is -2.10. The fraction of sp³-hybridized carbons (Fsp3) is 0.0500. The average Bonchev–Trinajstić information content (AvgIpc) is 2.67. The molecule has 0 unspecified atom stereocenters. The summed E-state index contributed by atoms with van der Waals surface area (Å²) in [5.74, 6) is 0.140. The number of hydrogen-bond acceptors (Lipinski definition) is 4. The van der Waals surface area contributed by atoms with Gasteiger partial charge in [0.25, 0.3) is 11.6 Å². The van der Waals surface area contributed by atoms with Crippen LogP contribution in [0.15, 0.2) is 72.8 Å². The number of halogens is 1. The molecule has 136 valence electrons. The number of carbonyl (C=O) groups is 1. The molecule has 0 saturated heterocycles. The number of nitro groups is 1. The summed E-state index contributed by atoms with van der Waals surface area (Å²) in [6.45, 7) is 0.409. The van der Waals surface area contributed by atoms with Crippen molar-refractivity contribution in [3.63, 3.8) is 0 Å². The summed E-state index contributed by atoms with van der Waals surface area (Å²) >= 11 is 5.99. The first kappa shape index (κ1) is 18.4. The van der Waals surface area contributed by atoms with Crippen LogP contribution in [-0.4, -0.2) is 10.8 Å². The quantitative estimate of drug-likeness (QED) is 0.476. The number of benzene rings is 3. The molecule has 0 fully saturated rings. The summed E-state index contributed by atoms with van der Waals surface area (Å²) in [6.07, 6.45) is 0. The van der Waals surface area contributed by atoms with Crippen LogP contribution in [0.1, 0.15) is 15.9 Å². The fourth-order valence-electron chi connectivity index (χ4n) is 2.40. The largest absolute Gasteiger partial charge is 0.489 e. The molecule has 3 rings (SSSR count). The van der Waals surface area contributed by atoms with E-state index in [1.807, 2.05) is 30.3 Å². The predicted octanol–water partition coefficient (Wildman–Crippen LogP) is 5.08. The van der Waals surface area contributed by atoms with Gasteiger partial charge in [0.2, 0.25) is 0 Å². The van der Waals surface area contributed by atoms with Crippen LogP contribution < -0.4 is 10.1 Å². The van der Waals surface area contributed by atoms with Gasteiger partial charge >= 0.3 is 0 Å². The third-order valence-electron chi connectivity index (χ3n) is 3.75. The van der Waals surface area contributed by atoms with Crippen molar-refractivity contribution < 1.29 is 14.5 Å². The molecule has 0 aliphatic rings. The summed E-state index contributed by atoms with van der Waals surface area (Å²) in [7, 11) is 0. The maximum Gasteiger partial charge on any atom is 0.270 e. The Morgan fingerprint density at radius 3 is 2.52 bits per heavy atom. The second-order valence-corrected chi connectivity index (χ2v) is 6.08. The molecule has 0 heterocycles. The molecule has 6 nitrogen and oxygen atoms in total. The van der Waals surface area contributed by atoms with Crippen molar-refractivity contribution in [3.05, 3.63) is 99.1 Å². The number of amides is 1. The van der Waals surface area contributed by atoms with Crippen LogP contribution in [0.2, 0.25) is 5.02 Å². The topological polar surface area (TPSA) is 81.5 Å². The molecule has 0 saturated carbocycles. The van der Waals surface area contributed by atoms with Gasteiger partial charge in [0, 0.05) is 23.9 Å². The molecular weight excluding hydrogens is 368 g/mol. The van der Waals surface area contributed by atoms with Gasteiger partial charge in [0.1, 0.15) is 12.4 Å². The lowest BCUT2D eigenvalue weighted by Crippen LogP contribution is -2.12. The van der Waals surface area contributed by atoms with Gasteiger partial charge in [-0.25, -0.2) is 0 Å². The van der Waals surface area contributed by atoms with E-state index >= 15 is 0 Å². The van der Waals surface area contributed by atoms with Gasteiger partial charge in [0.15, 0.2) is 0 Å². The Morgan fingerprint density at radius 2 is 1.81 bits per heavy atom. The number of non-ortho nitro benzene ring substituents is 1. The van der Waals surface area contributed by atoms with E-state index in [9.17, 15) is 14.9 Å². The molecule has 0 bridgehead atoms. The average molecular weight is 383 g/mol. The van der Waals surface area contributed by atoms with E-state index in [-0.39, 0.29) is 16.3 Å². The smallest absolute Gasteiger partial charge is 0.270 e. The van der Waals surface area contributed by atoms with E-state index in [1.165, 1.54) is 12.1 Å². The molecule has 27 heavy (non-hydrogen) atoms. The van der Waals surface area contributed by atoms with Gasteiger partial charge in [-0.3, -0.25) is 14.9 Å². The first-order chi connectivity index (χ1) is 13.0. The van der Waals surface area contributed by atoms with Crippen LogP contribution in [-0.2, 0) is 6.61 Å². The molecule has 7 heteroatoms. The number of hydrogen-bond donors (Lipinski definition) is 1. The standard InChI is InChI=1S/C20H15ClN2O4/c21-19-12-16(23(25)26)9-10-18(19)20(24)22-15-7-4-8-17(11-15)27-13-14-5-2-1-3-6-14/h1-12H,13H2,(H,22,24). The van der Waals surface area contributed by atoms with Gasteiger partial charge < -0.3 is 10.1 Å². The van der Waals surface area contributed by atoms with Crippen LogP contribution >= 0.6 is 11.6 Å². The number of anilines is 1. The highest BCUT2D eigenvalue weighted by molar-refractivity contribution is 6.34. The minimum absolute atomic E-state index is 0.0122. The summed E-state index contributed by atoms with van der Waals surface area (Å²) in [6, 6.07) is 20.4. The number of nitro benzene ring substituents is 1. The first-order valence-electron chi connectivity index (χ1n) is 8.05. The van der Waals surface area contributed by atoms with Gasteiger partial charge in [-0.15, -0.1) is 0 Å². The first-order valence-corrected chi connectivity index (χ1v) is 8.43. The van der Waals surface area contributed by atoms with Crippen LogP contribution in [0.5, 0.6) is 5.75 Å². The Bertz CT molecular complexity index is 977. The van der Waals surface area contributed by atoms with Crippen molar-refractivity contribution in [2.45, 2.75) is 6.61 Å². The zero-order chi connectivity index (χ0) is 19.2. The van der Waals surface area contributed by atoms with E-state index in [2.05, 4.69) is 5.32 Å². The van der Waals surface area contributed by atoms with Crippen molar-refractivity contribution in [3.8, 4) is 5.75 Å². The lowest BCUT2D eigenvalue weighted by molar-refractivity contribution is -0.384. The molecule has 3 aromatic carbocycles. The van der Waals surface area contributed by atoms with Gasteiger partial charge in [0.05, 0.1) is 15.5 Å². The summed E-state index contributed by atoms with van der Waals surface area (Å²) in [5.41, 5.74) is 1.54. The molecule has 1 amide bonds. The number of carbonyl (C=O) groups excluding carboxylic acids is 1. The van der Waals surface area contributed by atoms with E-state index in [0.29, 0.717) is 18.0 Å². The van der Waals surface area contributed by atoms with E-state index in [4.69, 9.17) is 16.3 Å². The maximum absolute atomic E-state index is 12.4. The monoisotopic (exact) mass is 382 g/mol. The third kappa shape index (κ3) is 4.83. The Labute approximate surface area is 160 Å². The van der Waals surface area contributed by atoms with Gasteiger partial charge in [-0.05, 0) is 23.8 Å². The summed E-state index contributed by atoms with van der Waals surface area (Å²) in [5, 5.41) is 13.5. The predicted molar refractivity (Wildman–Crippen MR) is 103 cm³/mol. The van der Waals surface area contributed by atoms with E-state index < -0.39 is 10.8 Å². The SMILES string of the molecule is O=C(Nc1cccc(OCc2ccccc2)c1)c1ccc([N+](=O)[O-])cc1Cl. The zero-order valence-electron chi connectivity index (χ0n) is 14.1. The van der Waals surface area contributed by atoms with Crippen LogP contribution in [0.3, 0.4) is 0 Å². The Kier molecular flexibility index (Phi) is 5.68. The fourth-order valence-corrected chi connectivity index (χ4v) is 2.67. The highest BCUT2D eigenvalue weighted by Gasteiger charge is 2.15. The van der Waals surface area contributed by atoms with E-state index in [1.54, 1.807) is 24.3 Å². The molecule has 0 aliphatic heterocycles. The zero-order valence-corrected chi connectivity index (χ0v) is 14.8. The molecule has 0 aromatic heterocycles. The third-order valence-corrected chi connectivity index (χ3v) is 4.06. The molecule has 3 aromatic rings.